The SMILES string of the molecule is C[C@@H]1CN([C@@H](C)CO)C(=O)Cc2cc(NC(=O)CCCCCC(=O)Nc3ccccc3N)ccc2O[C@H]1CN(C)C(=O)Nc1ccccc1. The van der Waals surface area contributed by atoms with Gasteiger partial charge in [-0.15, -0.1) is 0 Å². The van der Waals surface area contributed by atoms with E-state index in [-0.39, 0.29) is 55.7 Å². The van der Waals surface area contributed by atoms with Crippen molar-refractivity contribution in [3.8, 4) is 5.75 Å². The highest BCUT2D eigenvalue weighted by atomic mass is 16.5. The lowest BCUT2D eigenvalue weighted by Gasteiger charge is -2.34. The van der Waals surface area contributed by atoms with Crippen LogP contribution in [0.25, 0.3) is 0 Å². The molecule has 1 heterocycles. The standard InChI is InChI=1S/C37H48N6O6/c1-25-22-43(26(2)24-44)36(47)21-27-20-29(39-34(45)16-8-5-9-17-35(46)41-31-15-11-10-14-30(31)38)18-19-32(27)49-33(25)23-42(3)37(48)40-28-12-6-4-7-13-28/h4,6-7,10-15,18-20,25-26,33,44H,5,8-9,16-17,21-24,38H2,1-3H3,(H,39,45)(H,40,48)(H,41,46)/t25-,26+,33+/m1/s1. The number of nitrogen functional groups attached to an aromatic ring is 1. The fourth-order valence-corrected chi connectivity index (χ4v) is 5.61. The molecule has 12 nitrogen and oxygen atoms in total. The van der Waals surface area contributed by atoms with Crippen molar-refractivity contribution in [3.05, 3.63) is 78.4 Å². The Balaban J connectivity index is 1.37. The summed E-state index contributed by atoms with van der Waals surface area (Å²) < 4.78 is 6.51. The topological polar surface area (TPSA) is 166 Å². The molecule has 0 saturated carbocycles. The summed E-state index contributed by atoms with van der Waals surface area (Å²) in [5, 5.41) is 18.5. The maximum atomic E-state index is 13.5. The number of urea groups is 1. The van der Waals surface area contributed by atoms with Crippen LogP contribution in [0.2, 0.25) is 0 Å². The van der Waals surface area contributed by atoms with Gasteiger partial charge in [0, 0.05) is 49.3 Å². The number of carbonyl (C=O) groups is 4. The molecule has 0 fully saturated rings. The van der Waals surface area contributed by atoms with Gasteiger partial charge in [0.15, 0.2) is 0 Å². The van der Waals surface area contributed by atoms with Gasteiger partial charge in [-0.2, -0.15) is 0 Å². The Labute approximate surface area is 288 Å². The van der Waals surface area contributed by atoms with Gasteiger partial charge in [-0.3, -0.25) is 14.4 Å². The zero-order chi connectivity index (χ0) is 35.3. The van der Waals surface area contributed by atoms with Crippen molar-refractivity contribution >= 4 is 46.5 Å². The van der Waals surface area contributed by atoms with Crippen LogP contribution in [-0.4, -0.2) is 77.5 Å². The summed E-state index contributed by atoms with van der Waals surface area (Å²) in [6.45, 7) is 4.14. The number of ether oxygens (including phenoxy) is 1. The summed E-state index contributed by atoms with van der Waals surface area (Å²) in [5.41, 5.74) is 8.78. The van der Waals surface area contributed by atoms with E-state index in [9.17, 15) is 24.3 Å². The number of nitrogens with zero attached hydrogens (tertiary/aromatic N) is 2. The Morgan fingerprint density at radius 3 is 2.31 bits per heavy atom. The number of aliphatic hydroxyl groups excluding tert-OH is 1. The van der Waals surface area contributed by atoms with Crippen LogP contribution in [0.4, 0.5) is 27.5 Å². The van der Waals surface area contributed by atoms with Crippen LogP contribution in [0.3, 0.4) is 0 Å². The monoisotopic (exact) mass is 672 g/mol. The second-order valence-electron chi connectivity index (χ2n) is 12.6. The molecule has 3 aromatic rings. The second-order valence-corrected chi connectivity index (χ2v) is 12.6. The molecule has 0 aliphatic carbocycles. The summed E-state index contributed by atoms with van der Waals surface area (Å²) in [4.78, 5) is 54.8. The minimum Gasteiger partial charge on any atom is -0.488 e. The zero-order valence-electron chi connectivity index (χ0n) is 28.5. The van der Waals surface area contributed by atoms with E-state index in [1.807, 2.05) is 37.3 Å². The van der Waals surface area contributed by atoms with Gasteiger partial charge in [0.2, 0.25) is 17.7 Å². The quantitative estimate of drug-likeness (QED) is 0.124. The molecule has 262 valence electrons. The number of para-hydroxylation sites is 3. The zero-order valence-corrected chi connectivity index (χ0v) is 28.5. The molecule has 0 bridgehead atoms. The number of benzene rings is 3. The van der Waals surface area contributed by atoms with E-state index in [0.717, 1.165) is 0 Å². The van der Waals surface area contributed by atoms with Crippen LogP contribution in [0.1, 0.15) is 51.5 Å². The van der Waals surface area contributed by atoms with Crippen molar-refractivity contribution in [1.29, 1.82) is 0 Å². The van der Waals surface area contributed by atoms with Crippen LogP contribution in [-0.2, 0) is 20.8 Å². The number of unbranched alkanes of at least 4 members (excludes halogenated alkanes) is 2. The molecule has 49 heavy (non-hydrogen) atoms. The summed E-state index contributed by atoms with van der Waals surface area (Å²) in [5.74, 6) is -0.158. The van der Waals surface area contributed by atoms with Gasteiger partial charge in [0.25, 0.3) is 0 Å². The van der Waals surface area contributed by atoms with E-state index in [4.69, 9.17) is 10.5 Å². The number of nitrogens with one attached hydrogen (secondary N) is 3. The Kier molecular flexibility index (Phi) is 13.4. The number of rotatable bonds is 13. The maximum absolute atomic E-state index is 13.5. The fourth-order valence-electron chi connectivity index (χ4n) is 5.61. The van der Waals surface area contributed by atoms with Crippen molar-refractivity contribution in [2.45, 2.75) is 64.5 Å². The highest BCUT2D eigenvalue weighted by Crippen LogP contribution is 2.29. The summed E-state index contributed by atoms with van der Waals surface area (Å²) in [7, 11) is 1.69. The van der Waals surface area contributed by atoms with Gasteiger partial charge < -0.3 is 41.3 Å². The second kappa shape index (κ2) is 17.9. The number of likely N-dealkylation sites (N-methyl/N-ethyl adjacent to an activating group) is 1. The maximum Gasteiger partial charge on any atom is 0.321 e. The lowest BCUT2D eigenvalue weighted by atomic mass is 10.0. The molecule has 0 radical (unpaired) electrons. The largest absolute Gasteiger partial charge is 0.488 e. The van der Waals surface area contributed by atoms with Gasteiger partial charge >= 0.3 is 6.03 Å². The molecule has 3 aromatic carbocycles. The first kappa shape index (κ1) is 36.7. The number of amides is 5. The molecule has 1 aliphatic rings. The van der Waals surface area contributed by atoms with Gasteiger partial charge in [0.1, 0.15) is 11.9 Å². The van der Waals surface area contributed by atoms with Crippen LogP contribution in [0.5, 0.6) is 5.75 Å². The van der Waals surface area contributed by atoms with Crippen molar-refractivity contribution < 1.29 is 29.0 Å². The van der Waals surface area contributed by atoms with Gasteiger partial charge in [-0.05, 0) is 62.2 Å². The molecule has 0 unspecified atom stereocenters. The van der Waals surface area contributed by atoms with Crippen molar-refractivity contribution in [2.75, 3.05) is 48.4 Å². The van der Waals surface area contributed by atoms with E-state index in [1.54, 1.807) is 66.2 Å². The molecule has 1 aliphatic heterocycles. The minimum atomic E-state index is -0.475. The van der Waals surface area contributed by atoms with E-state index in [1.165, 1.54) is 0 Å². The Morgan fingerprint density at radius 2 is 1.61 bits per heavy atom. The number of carbonyl (C=O) groups excluding carboxylic acids is 4. The van der Waals surface area contributed by atoms with Crippen LogP contribution in [0.15, 0.2) is 72.8 Å². The summed E-state index contributed by atoms with van der Waals surface area (Å²) >= 11 is 0. The van der Waals surface area contributed by atoms with Crippen LogP contribution >= 0.6 is 0 Å². The number of aliphatic hydroxyl groups is 1. The van der Waals surface area contributed by atoms with Crippen LogP contribution < -0.4 is 26.4 Å². The van der Waals surface area contributed by atoms with E-state index in [0.29, 0.717) is 66.3 Å². The highest BCUT2D eigenvalue weighted by Gasteiger charge is 2.32. The molecule has 0 aromatic heterocycles. The molecule has 0 spiro atoms. The predicted octanol–water partition coefficient (Wildman–Crippen LogP) is 5.11. The molecular formula is C37H48N6O6. The molecule has 6 N–H and O–H groups in total. The third-order valence-electron chi connectivity index (χ3n) is 8.57. The number of anilines is 4. The fraction of sp³-hybridized carbons (Fsp3) is 0.405. The summed E-state index contributed by atoms with van der Waals surface area (Å²) in [6.07, 6.45) is 2.09. The average molecular weight is 673 g/mol. The number of fused-ring (bicyclic) bond motifs is 1. The molecule has 5 amide bonds. The molecule has 12 heteroatoms. The van der Waals surface area contributed by atoms with Gasteiger partial charge in [-0.25, -0.2) is 4.79 Å². The smallest absolute Gasteiger partial charge is 0.321 e. The lowest BCUT2D eigenvalue weighted by Crippen LogP contribution is -2.48. The van der Waals surface area contributed by atoms with E-state index in [2.05, 4.69) is 16.0 Å². The third-order valence-corrected chi connectivity index (χ3v) is 8.57. The Morgan fingerprint density at radius 1 is 0.939 bits per heavy atom. The van der Waals surface area contributed by atoms with Crippen molar-refractivity contribution in [2.24, 2.45) is 5.92 Å². The highest BCUT2D eigenvalue weighted by molar-refractivity contribution is 5.94. The van der Waals surface area contributed by atoms with Crippen molar-refractivity contribution in [3.63, 3.8) is 0 Å². The first-order chi connectivity index (χ1) is 23.5. The first-order valence-corrected chi connectivity index (χ1v) is 16.7. The van der Waals surface area contributed by atoms with Crippen LogP contribution in [0, 0.1) is 5.92 Å². The predicted molar refractivity (Wildman–Crippen MR) is 191 cm³/mol. The molecule has 4 rings (SSSR count). The average Bonchev–Trinajstić information content (AvgIpc) is 3.12. The number of hydrogen-bond acceptors (Lipinski definition) is 7. The Bertz CT molecular complexity index is 1580. The Hall–Kier alpha value is -5.10. The number of hydrogen-bond donors (Lipinski definition) is 5. The van der Waals surface area contributed by atoms with E-state index < -0.39 is 12.1 Å². The molecule has 0 saturated heterocycles. The van der Waals surface area contributed by atoms with E-state index >= 15 is 0 Å². The first-order valence-electron chi connectivity index (χ1n) is 16.7. The number of nitrogens with two attached hydrogens (primary N) is 1. The lowest BCUT2D eigenvalue weighted by molar-refractivity contribution is -0.134. The summed E-state index contributed by atoms with van der Waals surface area (Å²) in [6, 6.07) is 20.8. The van der Waals surface area contributed by atoms with Gasteiger partial charge in [-0.1, -0.05) is 43.7 Å². The van der Waals surface area contributed by atoms with Crippen molar-refractivity contribution in [1.82, 2.24) is 9.80 Å². The van der Waals surface area contributed by atoms with Gasteiger partial charge in [0.05, 0.1) is 37.0 Å². The molecular weight excluding hydrogens is 624 g/mol. The third kappa shape index (κ3) is 11.0. The minimum absolute atomic E-state index is 0.0177. The normalized spacial score (nSPS) is 16.6. The molecule has 3 atom stereocenters.